The number of carbonyl (C=O) groups is 1. The summed E-state index contributed by atoms with van der Waals surface area (Å²) in [6, 6.07) is 34.9. The third-order valence-corrected chi connectivity index (χ3v) is 8.84. The van der Waals surface area contributed by atoms with Crippen LogP contribution in [0.4, 0.5) is 0 Å². The Bertz CT molecular complexity index is 1630. The fourth-order valence-corrected chi connectivity index (χ4v) is 6.27. The largest absolute Gasteiger partial charge is 0.342 e. The van der Waals surface area contributed by atoms with E-state index in [1.165, 1.54) is 47.9 Å². The zero-order valence-electron chi connectivity index (χ0n) is 26.0. The Kier molecular flexibility index (Phi) is 11.0. The zero-order valence-corrected chi connectivity index (χ0v) is 26.8. The lowest BCUT2D eigenvalue weighted by Gasteiger charge is -2.20. The number of nitrogens with zero attached hydrogens (tertiary/aromatic N) is 3. The van der Waals surface area contributed by atoms with Crippen LogP contribution in [0.1, 0.15) is 82.6 Å². The summed E-state index contributed by atoms with van der Waals surface area (Å²) in [6.45, 7) is 6.42. The van der Waals surface area contributed by atoms with Gasteiger partial charge in [0.05, 0.1) is 6.04 Å². The van der Waals surface area contributed by atoms with Crippen molar-refractivity contribution in [2.24, 2.45) is 0 Å². The highest BCUT2D eigenvalue weighted by atomic mass is 32.2. The van der Waals surface area contributed by atoms with Crippen LogP contribution in [0.5, 0.6) is 0 Å². The maximum Gasteiger partial charge on any atom is 0.251 e. The van der Waals surface area contributed by atoms with Gasteiger partial charge in [0, 0.05) is 17.0 Å². The van der Waals surface area contributed by atoms with Gasteiger partial charge in [-0.05, 0) is 74.1 Å². The Hall–Kier alpha value is -4.16. The summed E-state index contributed by atoms with van der Waals surface area (Å²) in [6.07, 6.45) is 6.55. The smallest absolute Gasteiger partial charge is 0.251 e. The van der Waals surface area contributed by atoms with Crippen molar-refractivity contribution in [1.82, 2.24) is 20.1 Å². The van der Waals surface area contributed by atoms with E-state index in [1.54, 1.807) is 11.8 Å². The van der Waals surface area contributed by atoms with Gasteiger partial charge < -0.3 is 5.32 Å². The fraction of sp³-hybridized carbons (Fsp3) is 0.289. The molecule has 0 saturated heterocycles. The number of unbranched alkanes of at least 4 members (excludes halogenated alkanes) is 3. The van der Waals surface area contributed by atoms with Gasteiger partial charge in [-0.2, -0.15) is 0 Å². The van der Waals surface area contributed by atoms with Crippen LogP contribution in [0, 0.1) is 13.8 Å². The Morgan fingerprint density at radius 3 is 2.25 bits per heavy atom. The lowest BCUT2D eigenvalue weighted by Crippen LogP contribution is -2.32. The van der Waals surface area contributed by atoms with Crippen molar-refractivity contribution in [2.75, 3.05) is 0 Å². The molecule has 226 valence electrons. The van der Waals surface area contributed by atoms with Gasteiger partial charge in [0.15, 0.2) is 11.0 Å². The summed E-state index contributed by atoms with van der Waals surface area (Å²) in [5.41, 5.74) is 7.66. The van der Waals surface area contributed by atoms with E-state index in [1.807, 2.05) is 30.3 Å². The number of hydrogen-bond donors (Lipinski definition) is 1. The van der Waals surface area contributed by atoms with Crippen molar-refractivity contribution in [3.8, 4) is 5.69 Å². The van der Waals surface area contributed by atoms with E-state index >= 15 is 0 Å². The second-order valence-electron chi connectivity index (χ2n) is 11.5. The molecule has 5 rings (SSSR count). The molecule has 0 aliphatic carbocycles. The van der Waals surface area contributed by atoms with Crippen molar-refractivity contribution in [1.29, 1.82) is 0 Å². The van der Waals surface area contributed by atoms with Gasteiger partial charge in [-0.25, -0.2) is 0 Å². The predicted octanol–water partition coefficient (Wildman–Crippen LogP) is 9.01. The summed E-state index contributed by atoms with van der Waals surface area (Å²) in [5, 5.41) is 13.5. The second-order valence-corrected chi connectivity index (χ2v) is 12.5. The molecule has 6 heteroatoms. The van der Waals surface area contributed by atoms with Crippen LogP contribution < -0.4 is 5.32 Å². The van der Waals surface area contributed by atoms with Crippen LogP contribution >= 0.6 is 11.8 Å². The highest BCUT2D eigenvalue weighted by Crippen LogP contribution is 2.29. The van der Waals surface area contributed by atoms with Crippen LogP contribution in [0.15, 0.2) is 108 Å². The summed E-state index contributed by atoms with van der Waals surface area (Å²) in [5.74, 6) is 1.37. The Labute approximate surface area is 266 Å². The molecule has 4 aromatic carbocycles. The average Bonchev–Trinajstić information content (AvgIpc) is 3.47. The molecule has 44 heavy (non-hydrogen) atoms. The molecule has 1 N–H and O–H groups in total. The van der Waals surface area contributed by atoms with Gasteiger partial charge in [-0.3, -0.25) is 9.36 Å². The van der Waals surface area contributed by atoms with Gasteiger partial charge in [-0.15, -0.1) is 10.2 Å². The first-order valence-corrected chi connectivity index (χ1v) is 16.6. The van der Waals surface area contributed by atoms with E-state index in [9.17, 15) is 4.79 Å². The molecule has 5 nitrogen and oxygen atoms in total. The molecule has 1 heterocycles. The third kappa shape index (κ3) is 8.48. The number of rotatable bonds is 14. The van der Waals surface area contributed by atoms with E-state index in [0.29, 0.717) is 17.8 Å². The van der Waals surface area contributed by atoms with Gasteiger partial charge in [-0.1, -0.05) is 128 Å². The number of nitrogens with one attached hydrogen (secondary N) is 1. The van der Waals surface area contributed by atoms with Crippen LogP contribution in [0.25, 0.3) is 5.69 Å². The maximum atomic E-state index is 13.7. The summed E-state index contributed by atoms with van der Waals surface area (Å²) in [7, 11) is 0. The monoisotopic (exact) mass is 602 g/mol. The van der Waals surface area contributed by atoms with Crippen LogP contribution in [0.2, 0.25) is 0 Å². The Morgan fingerprint density at radius 2 is 1.52 bits per heavy atom. The summed E-state index contributed by atoms with van der Waals surface area (Å²) >= 11 is 1.66. The lowest BCUT2D eigenvalue weighted by atomic mass is 10.0. The number of hydrogen-bond acceptors (Lipinski definition) is 4. The molecule has 0 aliphatic rings. The van der Waals surface area contributed by atoms with Gasteiger partial charge in [0.25, 0.3) is 5.91 Å². The number of aromatic nitrogens is 3. The molecule has 0 aliphatic heterocycles. The molecule has 0 fully saturated rings. The molecule has 1 amide bonds. The number of thioether (sulfide) groups is 1. The fourth-order valence-electron chi connectivity index (χ4n) is 5.36. The highest BCUT2D eigenvalue weighted by Gasteiger charge is 2.25. The predicted molar refractivity (Wildman–Crippen MR) is 181 cm³/mol. The first-order valence-electron chi connectivity index (χ1n) is 15.6. The molecule has 1 aromatic heterocycles. The Balaban J connectivity index is 1.44. The minimum absolute atomic E-state index is 0.115. The zero-order chi connectivity index (χ0) is 30.7. The molecule has 0 radical (unpaired) electrons. The number of aryl methyl sites for hydroxylation is 3. The molecule has 1 atom stereocenters. The average molecular weight is 603 g/mol. The molecule has 0 spiro atoms. The van der Waals surface area contributed by atoms with Gasteiger partial charge >= 0.3 is 0 Å². The topological polar surface area (TPSA) is 59.8 Å². The maximum absolute atomic E-state index is 13.7. The first-order chi connectivity index (χ1) is 21.5. The van der Waals surface area contributed by atoms with E-state index < -0.39 is 0 Å². The van der Waals surface area contributed by atoms with Crippen LogP contribution in [-0.2, 0) is 18.6 Å². The first kappa shape index (κ1) is 31.3. The van der Waals surface area contributed by atoms with Crippen molar-refractivity contribution >= 4 is 17.7 Å². The highest BCUT2D eigenvalue weighted by molar-refractivity contribution is 7.98. The standard InChI is InChI=1S/C38H42N4OS/c1-4-5-6-8-13-30-19-21-33(22-20-30)37(43)39-35(26-31-14-9-7-10-15-31)36-40-41-38(42(36)34-23-17-28(2)18-24-34)44-27-32-16-11-12-29(3)25-32/h7,9-12,14-25,35H,4-6,8,13,26-27H2,1-3H3,(H,39,43). The van der Waals surface area contributed by atoms with Gasteiger partial charge in [0.2, 0.25) is 0 Å². The summed E-state index contributed by atoms with van der Waals surface area (Å²) in [4.78, 5) is 13.7. The number of carbonyl (C=O) groups excluding carboxylic acids is 1. The summed E-state index contributed by atoms with van der Waals surface area (Å²) < 4.78 is 2.10. The van der Waals surface area contributed by atoms with Gasteiger partial charge in [0.1, 0.15) is 0 Å². The molecule has 1 unspecified atom stereocenters. The lowest BCUT2D eigenvalue weighted by molar-refractivity contribution is 0.0934. The van der Waals surface area contributed by atoms with Crippen molar-refractivity contribution in [3.05, 3.63) is 142 Å². The SMILES string of the molecule is CCCCCCc1ccc(C(=O)NC(Cc2ccccc2)c2nnc(SCc3cccc(C)c3)n2-c2ccc(C)cc2)cc1. The third-order valence-electron chi connectivity index (χ3n) is 7.84. The minimum atomic E-state index is -0.388. The molecule has 0 bridgehead atoms. The van der Waals surface area contributed by atoms with E-state index in [0.717, 1.165) is 28.6 Å². The quantitative estimate of drug-likeness (QED) is 0.102. The van der Waals surface area contributed by atoms with E-state index in [2.05, 4.69) is 109 Å². The van der Waals surface area contributed by atoms with Crippen molar-refractivity contribution < 1.29 is 4.79 Å². The van der Waals surface area contributed by atoms with E-state index in [4.69, 9.17) is 5.10 Å². The minimum Gasteiger partial charge on any atom is -0.342 e. The normalized spacial score (nSPS) is 11.8. The van der Waals surface area contributed by atoms with Crippen molar-refractivity contribution in [2.45, 2.75) is 76.2 Å². The van der Waals surface area contributed by atoms with Crippen LogP contribution in [-0.4, -0.2) is 20.7 Å². The van der Waals surface area contributed by atoms with E-state index in [-0.39, 0.29) is 11.9 Å². The van der Waals surface area contributed by atoms with Crippen molar-refractivity contribution in [3.63, 3.8) is 0 Å². The Morgan fingerprint density at radius 1 is 0.773 bits per heavy atom. The molecule has 0 saturated carbocycles. The van der Waals surface area contributed by atoms with Crippen LogP contribution in [0.3, 0.4) is 0 Å². The number of benzene rings is 4. The second kappa shape index (κ2) is 15.5. The molecular weight excluding hydrogens is 561 g/mol. The molecule has 5 aromatic rings. The number of amides is 1. The molecular formula is C38H42N4OS.